The Kier molecular flexibility index (Phi) is 5.62. The van der Waals surface area contributed by atoms with Gasteiger partial charge in [-0.15, -0.1) is 0 Å². The number of ether oxygens (including phenoxy) is 1. The number of aryl methyl sites for hydroxylation is 1. The predicted molar refractivity (Wildman–Crippen MR) is 89.3 cm³/mol. The molecule has 5 heteroatoms. The Morgan fingerprint density at radius 1 is 1.35 bits per heavy atom. The topological polar surface area (TPSA) is 58.5 Å². The molecule has 2 aliphatic rings. The van der Waals surface area contributed by atoms with Gasteiger partial charge in [0.05, 0.1) is 18.8 Å². The average molecular weight is 319 g/mol. The van der Waals surface area contributed by atoms with Gasteiger partial charge in [0.25, 0.3) is 0 Å². The highest BCUT2D eigenvalue weighted by atomic mass is 16.5. The summed E-state index contributed by atoms with van der Waals surface area (Å²) >= 11 is 0. The summed E-state index contributed by atoms with van der Waals surface area (Å²) in [7, 11) is 0. The minimum atomic E-state index is -0.487. The fourth-order valence-corrected chi connectivity index (χ4v) is 3.92. The lowest BCUT2D eigenvalue weighted by Gasteiger charge is -2.37. The van der Waals surface area contributed by atoms with E-state index in [1.54, 1.807) is 0 Å². The van der Waals surface area contributed by atoms with Crippen molar-refractivity contribution in [2.24, 2.45) is 5.92 Å². The number of β-amino-alcohol motifs (C(OH)–C–C–N with tert-alkyl or cyclic N) is 1. The largest absolute Gasteiger partial charge is 0.389 e. The Morgan fingerprint density at radius 2 is 2.17 bits per heavy atom. The van der Waals surface area contributed by atoms with Crippen molar-refractivity contribution >= 4 is 0 Å². The van der Waals surface area contributed by atoms with Gasteiger partial charge in [-0.3, -0.25) is 4.90 Å². The van der Waals surface area contributed by atoms with E-state index >= 15 is 0 Å². The average Bonchev–Trinajstić information content (AvgIpc) is 2.72. The molecule has 0 aromatic carbocycles. The van der Waals surface area contributed by atoms with Gasteiger partial charge in [0.15, 0.2) is 0 Å². The van der Waals surface area contributed by atoms with Gasteiger partial charge in [-0.25, -0.2) is 9.97 Å². The Bertz CT molecular complexity index is 503. The standard InChI is InChI=1S/C18H29N3O2/c1-15-19-8-5-17(20-15)11-16-12-21(9-10-23-13-16)14-18(22)6-3-2-4-7-18/h5,8,16,22H,2-4,6-7,9-14H2,1H3/t16-/m0/s1. The van der Waals surface area contributed by atoms with Crippen LogP contribution in [0.2, 0.25) is 0 Å². The van der Waals surface area contributed by atoms with Gasteiger partial charge in [-0.05, 0) is 32.3 Å². The molecule has 1 aromatic heterocycles. The van der Waals surface area contributed by atoms with E-state index in [0.717, 1.165) is 76.5 Å². The molecular weight excluding hydrogens is 290 g/mol. The maximum atomic E-state index is 10.8. The van der Waals surface area contributed by atoms with Crippen molar-refractivity contribution in [2.75, 3.05) is 32.8 Å². The summed E-state index contributed by atoms with van der Waals surface area (Å²) in [6.45, 7) is 6.15. The summed E-state index contributed by atoms with van der Waals surface area (Å²) in [6, 6.07) is 2.00. The molecule has 0 radical (unpaired) electrons. The molecule has 5 nitrogen and oxygen atoms in total. The van der Waals surface area contributed by atoms with Crippen LogP contribution in [0.25, 0.3) is 0 Å². The van der Waals surface area contributed by atoms with Crippen molar-refractivity contribution in [3.05, 3.63) is 23.8 Å². The smallest absolute Gasteiger partial charge is 0.125 e. The van der Waals surface area contributed by atoms with E-state index in [0.29, 0.717) is 5.92 Å². The molecule has 1 N–H and O–H groups in total. The van der Waals surface area contributed by atoms with Crippen molar-refractivity contribution in [3.8, 4) is 0 Å². The van der Waals surface area contributed by atoms with Gasteiger partial charge in [0, 0.05) is 37.4 Å². The van der Waals surface area contributed by atoms with Crippen LogP contribution in [0.15, 0.2) is 12.3 Å². The van der Waals surface area contributed by atoms with E-state index in [2.05, 4.69) is 14.9 Å². The molecular formula is C18H29N3O2. The maximum Gasteiger partial charge on any atom is 0.125 e. The van der Waals surface area contributed by atoms with Crippen LogP contribution in [0.1, 0.15) is 43.6 Å². The number of aliphatic hydroxyl groups is 1. The van der Waals surface area contributed by atoms with Crippen LogP contribution in [0.3, 0.4) is 0 Å². The molecule has 0 bridgehead atoms. The van der Waals surface area contributed by atoms with Crippen LogP contribution in [-0.2, 0) is 11.2 Å². The monoisotopic (exact) mass is 319 g/mol. The molecule has 23 heavy (non-hydrogen) atoms. The molecule has 1 aliphatic heterocycles. The minimum absolute atomic E-state index is 0.430. The minimum Gasteiger partial charge on any atom is -0.389 e. The van der Waals surface area contributed by atoms with Crippen LogP contribution >= 0.6 is 0 Å². The lowest BCUT2D eigenvalue weighted by atomic mass is 9.84. The van der Waals surface area contributed by atoms with Gasteiger partial charge < -0.3 is 9.84 Å². The number of hydrogen-bond donors (Lipinski definition) is 1. The summed E-state index contributed by atoms with van der Waals surface area (Å²) in [4.78, 5) is 11.1. The fourth-order valence-electron chi connectivity index (χ4n) is 3.92. The Labute approximate surface area is 139 Å². The fraction of sp³-hybridized carbons (Fsp3) is 0.778. The van der Waals surface area contributed by atoms with Crippen LogP contribution in [0, 0.1) is 12.8 Å². The molecule has 0 spiro atoms. The molecule has 1 atom stereocenters. The van der Waals surface area contributed by atoms with E-state index in [4.69, 9.17) is 4.74 Å². The zero-order chi connectivity index (χ0) is 16.1. The molecule has 0 amide bonds. The van der Waals surface area contributed by atoms with Gasteiger partial charge in [0.2, 0.25) is 0 Å². The van der Waals surface area contributed by atoms with Crippen molar-refractivity contribution in [2.45, 2.75) is 51.0 Å². The van der Waals surface area contributed by atoms with Crippen LogP contribution in [0.4, 0.5) is 0 Å². The zero-order valence-corrected chi connectivity index (χ0v) is 14.2. The first kappa shape index (κ1) is 16.8. The lowest BCUT2D eigenvalue weighted by Crippen LogP contribution is -2.46. The van der Waals surface area contributed by atoms with Crippen LogP contribution < -0.4 is 0 Å². The summed E-state index contributed by atoms with van der Waals surface area (Å²) in [6.07, 6.45) is 8.21. The third-order valence-electron chi connectivity index (χ3n) is 5.06. The number of aromatic nitrogens is 2. The second-order valence-corrected chi connectivity index (χ2v) is 7.26. The van der Waals surface area contributed by atoms with Crippen molar-refractivity contribution in [1.82, 2.24) is 14.9 Å². The van der Waals surface area contributed by atoms with Crippen molar-refractivity contribution < 1.29 is 9.84 Å². The van der Waals surface area contributed by atoms with Crippen LogP contribution in [-0.4, -0.2) is 58.4 Å². The molecule has 3 rings (SSSR count). The lowest BCUT2D eigenvalue weighted by molar-refractivity contribution is -0.0276. The van der Waals surface area contributed by atoms with E-state index in [1.807, 2.05) is 19.2 Å². The quantitative estimate of drug-likeness (QED) is 0.919. The summed E-state index contributed by atoms with van der Waals surface area (Å²) < 4.78 is 5.80. The second kappa shape index (κ2) is 7.69. The molecule has 1 saturated carbocycles. The molecule has 1 aromatic rings. The maximum absolute atomic E-state index is 10.8. The van der Waals surface area contributed by atoms with Gasteiger partial charge in [-0.2, -0.15) is 0 Å². The number of rotatable bonds is 4. The number of hydrogen-bond acceptors (Lipinski definition) is 5. The highest BCUT2D eigenvalue weighted by molar-refractivity contribution is 5.03. The third-order valence-corrected chi connectivity index (χ3v) is 5.06. The number of nitrogens with zero attached hydrogens (tertiary/aromatic N) is 3. The van der Waals surface area contributed by atoms with E-state index in [-0.39, 0.29) is 0 Å². The molecule has 0 unspecified atom stereocenters. The molecule has 2 heterocycles. The molecule has 1 aliphatic carbocycles. The second-order valence-electron chi connectivity index (χ2n) is 7.26. The van der Waals surface area contributed by atoms with Gasteiger partial charge >= 0.3 is 0 Å². The van der Waals surface area contributed by atoms with Gasteiger partial charge in [0.1, 0.15) is 5.82 Å². The summed E-state index contributed by atoms with van der Waals surface area (Å²) in [5, 5.41) is 10.8. The molecule has 128 valence electrons. The Balaban J connectivity index is 1.59. The van der Waals surface area contributed by atoms with E-state index < -0.39 is 5.60 Å². The summed E-state index contributed by atoms with van der Waals surface area (Å²) in [5.41, 5.74) is 0.600. The zero-order valence-electron chi connectivity index (χ0n) is 14.2. The molecule has 1 saturated heterocycles. The first-order chi connectivity index (χ1) is 11.1. The van der Waals surface area contributed by atoms with E-state index in [1.165, 1.54) is 6.42 Å². The first-order valence-electron chi connectivity index (χ1n) is 8.94. The SMILES string of the molecule is Cc1nccc(C[C@@H]2COCCN(CC3(O)CCCCC3)C2)n1. The van der Waals surface area contributed by atoms with Crippen LogP contribution in [0.5, 0.6) is 0 Å². The first-order valence-corrected chi connectivity index (χ1v) is 8.94. The highest BCUT2D eigenvalue weighted by Gasteiger charge is 2.32. The third kappa shape index (κ3) is 4.96. The van der Waals surface area contributed by atoms with E-state index in [9.17, 15) is 5.11 Å². The summed E-state index contributed by atoms with van der Waals surface area (Å²) in [5.74, 6) is 1.25. The van der Waals surface area contributed by atoms with Gasteiger partial charge in [-0.1, -0.05) is 19.3 Å². The Hall–Kier alpha value is -1.04. The highest BCUT2D eigenvalue weighted by Crippen LogP contribution is 2.29. The predicted octanol–water partition coefficient (Wildman–Crippen LogP) is 1.97. The molecule has 2 fully saturated rings. The van der Waals surface area contributed by atoms with Crippen molar-refractivity contribution in [1.29, 1.82) is 0 Å². The Morgan fingerprint density at radius 3 is 2.96 bits per heavy atom. The normalized spacial score (nSPS) is 25.9. The van der Waals surface area contributed by atoms with Crippen molar-refractivity contribution in [3.63, 3.8) is 0 Å².